The lowest BCUT2D eigenvalue weighted by molar-refractivity contribution is 0.103. The third-order valence-electron chi connectivity index (χ3n) is 4.04. The van der Waals surface area contributed by atoms with Crippen LogP contribution >= 0.6 is 0 Å². The summed E-state index contributed by atoms with van der Waals surface area (Å²) in [4.78, 5) is 24.2. The van der Waals surface area contributed by atoms with Crippen molar-refractivity contribution in [2.45, 2.75) is 0 Å². The van der Waals surface area contributed by atoms with Gasteiger partial charge in [0.05, 0.1) is 11.1 Å². The third kappa shape index (κ3) is 4.74. The minimum Gasteiger partial charge on any atom is -0.289 e. The molecular weight excluding hydrogens is 358 g/mol. The normalized spacial score (nSPS) is 11.2. The van der Waals surface area contributed by atoms with E-state index in [1.165, 1.54) is 48.6 Å². The molecule has 0 fully saturated rings. The molecule has 4 heteroatoms. The lowest BCUT2D eigenvalue weighted by Crippen LogP contribution is -1.98. The molecule has 0 aliphatic heterocycles. The Morgan fingerprint density at radius 3 is 1.46 bits per heavy atom. The number of allylic oxidation sites excluding steroid dienone is 2. The summed E-state index contributed by atoms with van der Waals surface area (Å²) in [6.45, 7) is 0. The van der Waals surface area contributed by atoms with E-state index >= 15 is 0 Å². The first-order valence-electron chi connectivity index (χ1n) is 8.58. The number of rotatable bonds is 6. The van der Waals surface area contributed by atoms with E-state index in [9.17, 15) is 18.4 Å². The summed E-state index contributed by atoms with van der Waals surface area (Å²) in [5.74, 6) is -2.01. The first-order valence-corrected chi connectivity index (χ1v) is 8.58. The van der Waals surface area contributed by atoms with E-state index in [1.807, 2.05) is 0 Å². The zero-order valence-electron chi connectivity index (χ0n) is 14.8. The molecule has 3 rings (SSSR count). The van der Waals surface area contributed by atoms with Gasteiger partial charge in [-0.05, 0) is 53.6 Å². The molecule has 0 aromatic heterocycles. The molecule has 0 amide bonds. The second kappa shape index (κ2) is 8.82. The van der Waals surface area contributed by atoms with Crippen LogP contribution < -0.4 is 0 Å². The molecule has 0 saturated carbocycles. The van der Waals surface area contributed by atoms with E-state index in [-0.39, 0.29) is 11.1 Å². The Morgan fingerprint density at radius 1 is 0.607 bits per heavy atom. The molecule has 2 nitrogen and oxygen atoms in total. The van der Waals surface area contributed by atoms with Crippen molar-refractivity contribution in [1.29, 1.82) is 0 Å². The van der Waals surface area contributed by atoms with Crippen LogP contribution in [0.5, 0.6) is 0 Å². The van der Waals surface area contributed by atoms with E-state index in [1.54, 1.807) is 48.6 Å². The van der Waals surface area contributed by atoms with Gasteiger partial charge in [-0.1, -0.05) is 54.6 Å². The van der Waals surface area contributed by atoms with Crippen molar-refractivity contribution in [2.75, 3.05) is 0 Å². The van der Waals surface area contributed by atoms with E-state index < -0.39 is 23.2 Å². The van der Waals surface area contributed by atoms with Crippen LogP contribution in [0.25, 0.3) is 12.2 Å². The molecule has 0 unspecified atom stereocenters. The average molecular weight is 374 g/mol. The fourth-order valence-electron chi connectivity index (χ4n) is 2.61. The summed E-state index contributed by atoms with van der Waals surface area (Å²) in [5, 5.41) is 0. The van der Waals surface area contributed by atoms with E-state index in [0.717, 1.165) is 0 Å². The van der Waals surface area contributed by atoms with Crippen LogP contribution in [0.15, 0.2) is 84.9 Å². The van der Waals surface area contributed by atoms with Gasteiger partial charge >= 0.3 is 0 Å². The topological polar surface area (TPSA) is 34.1 Å². The van der Waals surface area contributed by atoms with E-state index in [4.69, 9.17) is 0 Å². The monoisotopic (exact) mass is 374 g/mol. The number of carbonyl (C=O) groups is 2. The number of hydrogen-bond acceptors (Lipinski definition) is 2. The van der Waals surface area contributed by atoms with E-state index in [0.29, 0.717) is 11.1 Å². The highest BCUT2D eigenvalue weighted by molar-refractivity contribution is 6.07. The van der Waals surface area contributed by atoms with Crippen LogP contribution in [0.4, 0.5) is 8.78 Å². The SMILES string of the molecule is O=C(/C=C/c1cccc(/C=C/C(=O)c2ccccc2F)c1)c1ccccc1F. The molecule has 28 heavy (non-hydrogen) atoms. The van der Waals surface area contributed by atoms with E-state index in [2.05, 4.69) is 0 Å². The van der Waals surface area contributed by atoms with Crippen molar-refractivity contribution in [2.24, 2.45) is 0 Å². The summed E-state index contributed by atoms with van der Waals surface area (Å²) in [5.41, 5.74) is 1.44. The number of hydrogen-bond donors (Lipinski definition) is 0. The molecule has 0 heterocycles. The molecule has 0 N–H and O–H groups in total. The van der Waals surface area contributed by atoms with Crippen molar-refractivity contribution in [3.8, 4) is 0 Å². The van der Waals surface area contributed by atoms with Gasteiger partial charge in [0.2, 0.25) is 0 Å². The minimum atomic E-state index is -0.569. The van der Waals surface area contributed by atoms with Gasteiger partial charge in [0, 0.05) is 0 Å². The highest BCUT2D eigenvalue weighted by Gasteiger charge is 2.08. The predicted octanol–water partition coefficient (Wildman–Crippen LogP) is 5.76. The third-order valence-corrected chi connectivity index (χ3v) is 4.04. The second-order valence-electron chi connectivity index (χ2n) is 6.02. The summed E-state index contributed by atoms with van der Waals surface area (Å²) >= 11 is 0. The summed E-state index contributed by atoms with van der Waals surface area (Å²) in [7, 11) is 0. The smallest absolute Gasteiger partial charge is 0.188 e. The standard InChI is InChI=1S/C24H16F2O2/c25-21-10-3-1-8-19(21)23(27)14-12-17-6-5-7-18(16-17)13-15-24(28)20-9-2-4-11-22(20)26/h1-16H/b14-12+,15-13+. The maximum Gasteiger partial charge on any atom is 0.188 e. The van der Waals surface area contributed by atoms with Crippen LogP contribution in [0.3, 0.4) is 0 Å². The Hall–Kier alpha value is -3.66. The van der Waals surface area contributed by atoms with Crippen molar-refractivity contribution >= 4 is 23.7 Å². The zero-order chi connectivity index (χ0) is 19.9. The highest BCUT2D eigenvalue weighted by Crippen LogP contribution is 2.13. The largest absolute Gasteiger partial charge is 0.289 e. The second-order valence-corrected chi connectivity index (χ2v) is 6.02. The Bertz CT molecular complexity index is 998. The molecule has 0 aliphatic carbocycles. The number of halogens is 2. The highest BCUT2D eigenvalue weighted by atomic mass is 19.1. The van der Waals surface area contributed by atoms with Gasteiger partial charge in [0.1, 0.15) is 11.6 Å². The van der Waals surface area contributed by atoms with Gasteiger partial charge in [-0.2, -0.15) is 0 Å². The fourth-order valence-corrected chi connectivity index (χ4v) is 2.61. The van der Waals surface area contributed by atoms with Gasteiger partial charge in [0.15, 0.2) is 11.6 Å². The van der Waals surface area contributed by atoms with Crippen molar-refractivity contribution in [3.63, 3.8) is 0 Å². The Balaban J connectivity index is 1.74. The van der Waals surface area contributed by atoms with Crippen LogP contribution in [0.2, 0.25) is 0 Å². The van der Waals surface area contributed by atoms with Crippen molar-refractivity contribution in [3.05, 3.63) is 119 Å². The summed E-state index contributed by atoms with van der Waals surface area (Å²) in [6.07, 6.45) is 5.74. The summed E-state index contributed by atoms with van der Waals surface area (Å²) < 4.78 is 27.3. The lowest BCUT2D eigenvalue weighted by atomic mass is 10.1. The predicted molar refractivity (Wildman–Crippen MR) is 106 cm³/mol. The number of benzene rings is 3. The first-order chi connectivity index (χ1) is 13.5. The van der Waals surface area contributed by atoms with Crippen LogP contribution in [0.1, 0.15) is 31.8 Å². The molecule has 0 aliphatic rings. The molecule has 138 valence electrons. The van der Waals surface area contributed by atoms with Crippen LogP contribution in [0, 0.1) is 11.6 Å². The van der Waals surface area contributed by atoms with Gasteiger partial charge in [-0.25, -0.2) is 8.78 Å². The number of ketones is 2. The van der Waals surface area contributed by atoms with Crippen molar-refractivity contribution < 1.29 is 18.4 Å². The molecule has 0 spiro atoms. The molecule has 0 saturated heterocycles. The molecule has 0 bridgehead atoms. The van der Waals surface area contributed by atoms with Gasteiger partial charge < -0.3 is 0 Å². The molecule has 3 aromatic rings. The Kier molecular flexibility index (Phi) is 6.02. The first kappa shape index (κ1) is 19.1. The maximum atomic E-state index is 13.7. The Labute approximate surface area is 161 Å². The molecule has 0 atom stereocenters. The molecular formula is C24H16F2O2. The van der Waals surface area contributed by atoms with Crippen LogP contribution in [-0.4, -0.2) is 11.6 Å². The zero-order valence-corrected chi connectivity index (χ0v) is 14.8. The van der Waals surface area contributed by atoms with Crippen molar-refractivity contribution in [1.82, 2.24) is 0 Å². The molecule has 3 aromatic carbocycles. The summed E-state index contributed by atoms with van der Waals surface area (Å²) in [6, 6.07) is 18.6. The molecule has 0 radical (unpaired) electrons. The quantitative estimate of drug-likeness (QED) is 0.406. The van der Waals surface area contributed by atoms with Gasteiger partial charge in [0.25, 0.3) is 0 Å². The number of carbonyl (C=O) groups excluding carboxylic acids is 2. The van der Waals surface area contributed by atoms with Gasteiger partial charge in [-0.15, -0.1) is 0 Å². The minimum absolute atomic E-state index is 0.00489. The Morgan fingerprint density at radius 2 is 1.04 bits per heavy atom. The van der Waals surface area contributed by atoms with Crippen LogP contribution in [-0.2, 0) is 0 Å². The maximum absolute atomic E-state index is 13.7. The average Bonchev–Trinajstić information content (AvgIpc) is 2.71. The van der Waals surface area contributed by atoms with Gasteiger partial charge in [-0.3, -0.25) is 9.59 Å². The lowest BCUT2D eigenvalue weighted by Gasteiger charge is -2.00. The fraction of sp³-hybridized carbons (Fsp3) is 0.